The molecule has 25 heavy (non-hydrogen) atoms. The lowest BCUT2D eigenvalue weighted by Crippen LogP contribution is -2.25. The second kappa shape index (κ2) is 6.92. The molecule has 0 saturated heterocycles. The van der Waals surface area contributed by atoms with E-state index in [0.717, 1.165) is 24.8 Å². The van der Waals surface area contributed by atoms with Gasteiger partial charge in [-0.25, -0.2) is 13.6 Å². The number of ether oxygens (including phenoxy) is 1. The summed E-state index contributed by atoms with van der Waals surface area (Å²) < 4.78 is 31.5. The van der Waals surface area contributed by atoms with Crippen molar-refractivity contribution in [2.45, 2.75) is 32.3 Å². The van der Waals surface area contributed by atoms with Crippen molar-refractivity contribution >= 4 is 23.4 Å². The van der Waals surface area contributed by atoms with Gasteiger partial charge in [0.05, 0.1) is 10.6 Å². The van der Waals surface area contributed by atoms with Gasteiger partial charge in [0.1, 0.15) is 0 Å². The van der Waals surface area contributed by atoms with Gasteiger partial charge in [-0.2, -0.15) is 0 Å². The summed E-state index contributed by atoms with van der Waals surface area (Å²) in [5.74, 6) is -3.72. The van der Waals surface area contributed by atoms with E-state index in [-0.39, 0.29) is 16.4 Å². The van der Waals surface area contributed by atoms with Crippen molar-refractivity contribution in [3.05, 3.63) is 69.2 Å². The van der Waals surface area contributed by atoms with E-state index in [1.54, 1.807) is 6.07 Å². The minimum absolute atomic E-state index is 0.277. The van der Waals surface area contributed by atoms with Crippen LogP contribution in [0.15, 0.2) is 30.3 Å². The maximum Gasteiger partial charge on any atom is 0.340 e. The van der Waals surface area contributed by atoms with E-state index < -0.39 is 23.7 Å². The van der Waals surface area contributed by atoms with Crippen LogP contribution in [0.1, 0.15) is 45.2 Å². The summed E-state index contributed by atoms with van der Waals surface area (Å²) in [7, 11) is 0. The molecule has 1 atom stereocenters. The predicted molar refractivity (Wildman–Crippen MR) is 89.0 cm³/mol. The van der Waals surface area contributed by atoms with Gasteiger partial charge in [-0.3, -0.25) is 4.79 Å². The molecule has 2 aromatic rings. The van der Waals surface area contributed by atoms with Crippen molar-refractivity contribution < 1.29 is 23.1 Å². The molecule has 0 spiro atoms. The molecule has 6 heteroatoms. The van der Waals surface area contributed by atoms with Crippen LogP contribution < -0.4 is 0 Å². The van der Waals surface area contributed by atoms with Gasteiger partial charge in [-0.05, 0) is 55.5 Å². The van der Waals surface area contributed by atoms with Crippen LogP contribution in [0.2, 0.25) is 5.02 Å². The number of fused-ring (bicyclic) bond motifs is 1. The zero-order valence-corrected chi connectivity index (χ0v) is 14.2. The summed E-state index contributed by atoms with van der Waals surface area (Å²) in [5.41, 5.74) is 2.49. The average molecular weight is 365 g/mol. The molecule has 0 fully saturated rings. The van der Waals surface area contributed by atoms with E-state index >= 15 is 0 Å². The van der Waals surface area contributed by atoms with Crippen molar-refractivity contribution in [3.63, 3.8) is 0 Å². The summed E-state index contributed by atoms with van der Waals surface area (Å²) in [6.45, 7) is 1.43. The van der Waals surface area contributed by atoms with Crippen LogP contribution in [0.3, 0.4) is 0 Å². The van der Waals surface area contributed by atoms with Crippen molar-refractivity contribution in [3.8, 4) is 0 Å². The summed E-state index contributed by atoms with van der Waals surface area (Å²) >= 11 is 5.75. The van der Waals surface area contributed by atoms with Crippen LogP contribution in [-0.4, -0.2) is 17.9 Å². The molecule has 3 rings (SSSR count). The zero-order chi connectivity index (χ0) is 18.1. The van der Waals surface area contributed by atoms with E-state index in [4.69, 9.17) is 16.3 Å². The summed E-state index contributed by atoms with van der Waals surface area (Å²) in [6, 6.07) is 6.80. The molecule has 0 aliphatic heterocycles. The minimum Gasteiger partial charge on any atom is -0.451 e. The van der Waals surface area contributed by atoms with E-state index in [0.29, 0.717) is 17.7 Å². The van der Waals surface area contributed by atoms with Gasteiger partial charge in [0, 0.05) is 5.56 Å². The van der Waals surface area contributed by atoms with Gasteiger partial charge in [0.25, 0.3) is 0 Å². The monoisotopic (exact) mass is 364 g/mol. The molecule has 3 nitrogen and oxygen atoms in total. The zero-order valence-electron chi connectivity index (χ0n) is 13.4. The fraction of sp³-hybridized carbons (Fsp3) is 0.263. The van der Waals surface area contributed by atoms with Crippen LogP contribution >= 0.6 is 11.6 Å². The SMILES string of the molecule is C[C@@H](OC(=O)c1cc(F)c(F)cc1Cl)C(=O)c1ccc2c(c1)CCC2. The number of rotatable bonds is 4. The Labute approximate surface area is 148 Å². The maximum atomic E-state index is 13.3. The Balaban J connectivity index is 1.75. The molecular weight excluding hydrogens is 350 g/mol. The first kappa shape index (κ1) is 17.5. The molecule has 0 unspecified atom stereocenters. The summed E-state index contributed by atoms with van der Waals surface area (Å²) in [6.07, 6.45) is 1.92. The molecule has 0 radical (unpaired) electrons. The number of aryl methyl sites for hydroxylation is 2. The Bertz CT molecular complexity index is 864. The van der Waals surface area contributed by atoms with Crippen LogP contribution in [0.25, 0.3) is 0 Å². The van der Waals surface area contributed by atoms with Crippen LogP contribution in [0.5, 0.6) is 0 Å². The Hall–Kier alpha value is -2.27. The molecule has 2 aromatic carbocycles. The fourth-order valence-electron chi connectivity index (χ4n) is 2.92. The molecule has 0 N–H and O–H groups in total. The quantitative estimate of drug-likeness (QED) is 0.454. The van der Waals surface area contributed by atoms with Crippen molar-refractivity contribution in [2.75, 3.05) is 0 Å². The molecule has 1 aliphatic carbocycles. The Morgan fingerprint density at radius 3 is 2.52 bits per heavy atom. The lowest BCUT2D eigenvalue weighted by atomic mass is 10.0. The number of carbonyl (C=O) groups is 2. The van der Waals surface area contributed by atoms with Crippen LogP contribution in [0.4, 0.5) is 8.78 Å². The van der Waals surface area contributed by atoms with E-state index in [9.17, 15) is 18.4 Å². The molecule has 0 bridgehead atoms. The Morgan fingerprint density at radius 1 is 1.08 bits per heavy atom. The first-order valence-electron chi connectivity index (χ1n) is 7.88. The molecular formula is C19H15ClF2O3. The van der Waals surface area contributed by atoms with Gasteiger partial charge < -0.3 is 4.74 Å². The van der Waals surface area contributed by atoms with E-state index in [1.165, 1.54) is 12.5 Å². The van der Waals surface area contributed by atoms with Gasteiger partial charge in [-0.1, -0.05) is 23.7 Å². The average Bonchev–Trinajstić information content (AvgIpc) is 3.04. The largest absolute Gasteiger partial charge is 0.451 e. The molecule has 0 amide bonds. The lowest BCUT2D eigenvalue weighted by Gasteiger charge is -2.14. The first-order chi connectivity index (χ1) is 11.9. The molecule has 0 heterocycles. The second-order valence-electron chi connectivity index (χ2n) is 5.99. The third-order valence-electron chi connectivity index (χ3n) is 4.27. The number of Topliss-reactive ketones (excluding diaryl/α,β-unsaturated/α-hetero) is 1. The van der Waals surface area contributed by atoms with Gasteiger partial charge in [0.15, 0.2) is 17.7 Å². The van der Waals surface area contributed by atoms with E-state index in [2.05, 4.69) is 0 Å². The van der Waals surface area contributed by atoms with Crippen molar-refractivity contribution in [1.82, 2.24) is 0 Å². The highest BCUT2D eigenvalue weighted by Gasteiger charge is 2.24. The second-order valence-corrected chi connectivity index (χ2v) is 6.40. The summed E-state index contributed by atoms with van der Waals surface area (Å²) in [4.78, 5) is 24.6. The third-order valence-corrected chi connectivity index (χ3v) is 4.58. The van der Waals surface area contributed by atoms with Gasteiger partial charge in [-0.15, -0.1) is 0 Å². The highest BCUT2D eigenvalue weighted by atomic mass is 35.5. The number of halogens is 3. The lowest BCUT2D eigenvalue weighted by molar-refractivity contribution is 0.0318. The summed E-state index contributed by atoms with van der Waals surface area (Å²) in [5, 5.41) is -0.277. The number of ketones is 1. The van der Waals surface area contributed by atoms with Crippen molar-refractivity contribution in [1.29, 1.82) is 0 Å². The highest BCUT2D eigenvalue weighted by molar-refractivity contribution is 6.33. The topological polar surface area (TPSA) is 43.4 Å². The number of benzene rings is 2. The standard InChI is InChI=1S/C19H15ClF2O3/c1-10(18(23)13-6-5-11-3-2-4-12(11)7-13)25-19(24)14-8-16(21)17(22)9-15(14)20/h5-10H,2-4H2,1H3/t10-/m1/s1. The number of esters is 1. The number of hydrogen-bond donors (Lipinski definition) is 0. The van der Waals surface area contributed by atoms with Crippen molar-refractivity contribution in [2.24, 2.45) is 0 Å². The highest BCUT2D eigenvalue weighted by Crippen LogP contribution is 2.25. The molecule has 1 aliphatic rings. The Kier molecular flexibility index (Phi) is 4.86. The third kappa shape index (κ3) is 3.56. The normalized spacial score (nSPS) is 14.1. The predicted octanol–water partition coefficient (Wildman–Crippen LogP) is 4.54. The van der Waals surface area contributed by atoms with Crippen LogP contribution in [-0.2, 0) is 17.6 Å². The van der Waals surface area contributed by atoms with E-state index in [1.807, 2.05) is 12.1 Å². The van der Waals surface area contributed by atoms with Gasteiger partial charge >= 0.3 is 5.97 Å². The number of hydrogen-bond acceptors (Lipinski definition) is 3. The molecule has 0 aromatic heterocycles. The first-order valence-corrected chi connectivity index (χ1v) is 8.26. The molecule has 0 saturated carbocycles. The molecule has 130 valence electrons. The fourth-order valence-corrected chi connectivity index (χ4v) is 3.14. The van der Waals surface area contributed by atoms with Gasteiger partial charge in [0.2, 0.25) is 5.78 Å². The maximum absolute atomic E-state index is 13.3. The van der Waals surface area contributed by atoms with Crippen LogP contribution in [0, 0.1) is 11.6 Å². The Morgan fingerprint density at radius 2 is 1.76 bits per heavy atom. The minimum atomic E-state index is -1.21. The number of carbonyl (C=O) groups excluding carboxylic acids is 2. The smallest absolute Gasteiger partial charge is 0.340 e.